The van der Waals surface area contributed by atoms with Crippen LogP contribution in [0.25, 0.3) is 27.9 Å². The molecule has 2 aliphatic heterocycles. The Morgan fingerprint density at radius 3 is 2.60 bits per heavy atom. The number of likely N-dealkylation sites (tertiary alicyclic amines) is 1. The molecule has 7 rings (SSSR count). The molecule has 230 valence electrons. The number of nitrogens with one attached hydrogen (secondary N) is 2. The van der Waals surface area contributed by atoms with Gasteiger partial charge in [-0.15, -0.1) is 0 Å². The number of hydrogen-bond donors (Lipinski definition) is 2. The van der Waals surface area contributed by atoms with Gasteiger partial charge in [-0.2, -0.15) is 0 Å². The van der Waals surface area contributed by atoms with Crippen LogP contribution >= 0.6 is 0 Å². The third-order valence-corrected chi connectivity index (χ3v) is 9.26. The number of hydrogen-bond acceptors (Lipinski definition) is 5. The van der Waals surface area contributed by atoms with Crippen LogP contribution in [0.3, 0.4) is 0 Å². The van der Waals surface area contributed by atoms with E-state index in [0.717, 1.165) is 36.2 Å². The normalized spacial score (nSPS) is 17.3. The number of carbonyl (C=O) groups excluding carboxylic acids is 2. The van der Waals surface area contributed by atoms with Crippen LogP contribution in [0.1, 0.15) is 65.1 Å². The van der Waals surface area contributed by atoms with Crippen molar-refractivity contribution in [3.05, 3.63) is 95.2 Å². The lowest BCUT2D eigenvalue weighted by molar-refractivity contribution is -0.125. The van der Waals surface area contributed by atoms with Gasteiger partial charge >= 0.3 is 0 Å². The van der Waals surface area contributed by atoms with Crippen molar-refractivity contribution in [2.24, 2.45) is 0 Å². The fourth-order valence-electron chi connectivity index (χ4n) is 6.48. The fraction of sp³-hybridized carbons (Fsp3) is 0.333. The maximum absolute atomic E-state index is 15.1. The van der Waals surface area contributed by atoms with Gasteiger partial charge in [-0.3, -0.25) is 14.5 Å². The van der Waals surface area contributed by atoms with E-state index in [1.807, 2.05) is 48.4 Å². The molecule has 2 aromatic heterocycles. The smallest absolute Gasteiger partial charge is 0.255 e. The second-order valence-corrected chi connectivity index (χ2v) is 12.3. The molecule has 1 aliphatic carbocycles. The summed E-state index contributed by atoms with van der Waals surface area (Å²) in [5.41, 5.74) is 6.71. The molecule has 9 heteroatoms. The van der Waals surface area contributed by atoms with Crippen molar-refractivity contribution in [2.75, 3.05) is 38.0 Å². The first-order valence-electron chi connectivity index (χ1n) is 15.9. The predicted molar refractivity (Wildman–Crippen MR) is 174 cm³/mol. The van der Waals surface area contributed by atoms with E-state index in [1.54, 1.807) is 6.08 Å². The van der Waals surface area contributed by atoms with E-state index in [4.69, 9.17) is 0 Å². The van der Waals surface area contributed by atoms with Gasteiger partial charge in [0.2, 0.25) is 5.91 Å². The van der Waals surface area contributed by atoms with E-state index in [9.17, 15) is 9.59 Å². The van der Waals surface area contributed by atoms with Gasteiger partial charge < -0.3 is 15.2 Å². The topological polar surface area (TPSA) is 94.2 Å². The maximum atomic E-state index is 15.1. The Balaban J connectivity index is 1.12. The Kier molecular flexibility index (Phi) is 8.02. The fourth-order valence-corrected chi connectivity index (χ4v) is 6.48. The molecule has 2 N–H and O–H groups in total. The van der Waals surface area contributed by atoms with Gasteiger partial charge in [0.15, 0.2) is 0 Å². The molecule has 0 radical (unpaired) electrons. The van der Waals surface area contributed by atoms with Crippen LogP contribution in [0.15, 0.2) is 67.2 Å². The Bertz CT molecular complexity index is 1820. The summed E-state index contributed by atoms with van der Waals surface area (Å²) in [7, 11) is 0. The predicted octanol–water partition coefficient (Wildman–Crippen LogP) is 6.47. The Hall–Kier alpha value is -4.63. The number of rotatable bonds is 8. The molecule has 2 fully saturated rings. The zero-order valence-electron chi connectivity index (χ0n) is 25.5. The molecule has 4 heterocycles. The van der Waals surface area contributed by atoms with Gasteiger partial charge in [0, 0.05) is 54.3 Å². The van der Waals surface area contributed by atoms with Gasteiger partial charge in [0.1, 0.15) is 17.8 Å². The zero-order valence-corrected chi connectivity index (χ0v) is 25.5. The van der Waals surface area contributed by atoms with E-state index in [2.05, 4.69) is 31.2 Å². The Morgan fingerprint density at radius 2 is 1.87 bits per heavy atom. The number of aromatic nitrogens is 3. The largest absolute Gasteiger partial charge is 0.345 e. The van der Waals surface area contributed by atoms with Gasteiger partial charge in [-0.1, -0.05) is 24.3 Å². The van der Waals surface area contributed by atoms with Crippen molar-refractivity contribution in [3.63, 3.8) is 0 Å². The molecular weight excluding hydrogens is 567 g/mol. The summed E-state index contributed by atoms with van der Waals surface area (Å²) in [6.45, 7) is 5.99. The minimum atomic E-state index is -0.470. The standard InChI is InChI=1S/C36H37FN6O2/c1-23-29(19-28(37)20-31(23)41-36(45)27-10-8-25(9-11-27)24-6-7-24)34-33-30(21-38-35(33)40-22-39-34)26-12-17-43(18-13-26)32(44)5-4-16-42-14-2-3-15-42/h4-5,8-12,19-22,24H,2-3,6-7,13-18H2,1H3,(H,41,45)(H,38,39,40)/b5-4+. The van der Waals surface area contributed by atoms with E-state index < -0.39 is 5.82 Å². The SMILES string of the molecule is Cc1c(NC(=O)c2ccc(C3CC3)cc2)cc(F)cc1-c1ncnc2[nH]cc(C3=CCN(C(=O)/C=C/CN4CCCC4)CC3)c12. The highest BCUT2D eigenvalue weighted by molar-refractivity contribution is 6.06. The van der Waals surface area contributed by atoms with Crippen molar-refractivity contribution >= 4 is 34.1 Å². The number of fused-ring (bicyclic) bond motifs is 1. The number of benzene rings is 2. The van der Waals surface area contributed by atoms with Crippen LogP contribution < -0.4 is 5.32 Å². The van der Waals surface area contributed by atoms with Crippen LogP contribution in [-0.4, -0.2) is 69.3 Å². The average Bonchev–Trinajstić information content (AvgIpc) is 3.60. The van der Waals surface area contributed by atoms with Crippen LogP contribution in [-0.2, 0) is 4.79 Å². The van der Waals surface area contributed by atoms with E-state index in [0.29, 0.717) is 59.1 Å². The highest BCUT2D eigenvalue weighted by Gasteiger charge is 2.24. The molecule has 4 aromatic rings. The highest BCUT2D eigenvalue weighted by atomic mass is 19.1. The van der Waals surface area contributed by atoms with Crippen LogP contribution in [0.2, 0.25) is 0 Å². The van der Waals surface area contributed by atoms with Crippen molar-refractivity contribution in [2.45, 2.75) is 44.9 Å². The van der Waals surface area contributed by atoms with Crippen molar-refractivity contribution in [3.8, 4) is 11.3 Å². The third-order valence-electron chi connectivity index (χ3n) is 9.26. The molecule has 0 spiro atoms. The summed E-state index contributed by atoms with van der Waals surface area (Å²) in [5, 5.41) is 3.71. The number of H-pyrrole nitrogens is 1. The van der Waals surface area contributed by atoms with Gasteiger partial charge in [0.25, 0.3) is 5.91 Å². The second-order valence-electron chi connectivity index (χ2n) is 12.3. The highest BCUT2D eigenvalue weighted by Crippen LogP contribution is 2.40. The molecule has 0 bridgehead atoms. The minimum Gasteiger partial charge on any atom is -0.345 e. The van der Waals surface area contributed by atoms with Gasteiger partial charge in [-0.25, -0.2) is 14.4 Å². The number of aromatic amines is 1. The van der Waals surface area contributed by atoms with Gasteiger partial charge in [0.05, 0.1) is 11.1 Å². The molecule has 45 heavy (non-hydrogen) atoms. The number of amides is 2. The third kappa shape index (κ3) is 6.17. The Morgan fingerprint density at radius 1 is 1.07 bits per heavy atom. The molecule has 1 saturated heterocycles. The van der Waals surface area contributed by atoms with E-state index in [-0.39, 0.29) is 11.8 Å². The first-order chi connectivity index (χ1) is 21.9. The summed E-state index contributed by atoms with van der Waals surface area (Å²) < 4.78 is 15.1. The van der Waals surface area contributed by atoms with E-state index in [1.165, 1.54) is 49.7 Å². The summed E-state index contributed by atoms with van der Waals surface area (Å²) in [4.78, 5) is 42.5. The number of anilines is 1. The lowest BCUT2D eigenvalue weighted by Gasteiger charge is -2.25. The van der Waals surface area contributed by atoms with E-state index >= 15 is 4.39 Å². The molecule has 2 amide bonds. The first kappa shape index (κ1) is 29.1. The molecule has 8 nitrogen and oxygen atoms in total. The molecule has 0 atom stereocenters. The summed E-state index contributed by atoms with van der Waals surface area (Å²) in [5.74, 6) is -0.126. The monoisotopic (exact) mass is 604 g/mol. The maximum Gasteiger partial charge on any atom is 0.255 e. The van der Waals surface area contributed by atoms with Crippen molar-refractivity contribution < 1.29 is 14.0 Å². The number of carbonyl (C=O) groups is 2. The summed E-state index contributed by atoms with van der Waals surface area (Å²) >= 11 is 0. The van der Waals surface area contributed by atoms with Crippen LogP contribution in [0, 0.1) is 12.7 Å². The van der Waals surface area contributed by atoms with Crippen molar-refractivity contribution in [1.29, 1.82) is 0 Å². The van der Waals surface area contributed by atoms with Crippen LogP contribution in [0.4, 0.5) is 10.1 Å². The quantitative estimate of drug-likeness (QED) is 0.225. The lowest BCUT2D eigenvalue weighted by Crippen LogP contribution is -2.33. The first-order valence-corrected chi connectivity index (χ1v) is 15.9. The molecule has 2 aromatic carbocycles. The van der Waals surface area contributed by atoms with Gasteiger partial charge in [-0.05, 0) is 99.0 Å². The number of halogens is 1. The van der Waals surface area contributed by atoms with Crippen molar-refractivity contribution in [1.82, 2.24) is 24.8 Å². The molecular formula is C36H37FN6O2. The Labute approximate surface area is 262 Å². The molecule has 1 saturated carbocycles. The lowest BCUT2D eigenvalue weighted by atomic mass is 9.95. The second kappa shape index (κ2) is 12.4. The molecule has 3 aliphatic rings. The summed E-state index contributed by atoms with van der Waals surface area (Å²) in [6, 6.07) is 10.5. The minimum absolute atomic E-state index is 0.0243. The number of nitrogens with zero attached hydrogens (tertiary/aromatic N) is 4. The summed E-state index contributed by atoms with van der Waals surface area (Å²) in [6.07, 6.45) is 14.6. The molecule has 0 unspecified atom stereocenters. The average molecular weight is 605 g/mol. The van der Waals surface area contributed by atoms with Crippen LogP contribution in [0.5, 0.6) is 0 Å². The zero-order chi connectivity index (χ0) is 30.9.